The molecule has 0 saturated carbocycles. The van der Waals surface area contributed by atoms with Crippen LogP contribution in [0.5, 0.6) is 17.2 Å². The number of β-lactam (4-membered cyclic amide) rings is 1. The first-order valence-corrected chi connectivity index (χ1v) is 6.89. The molecular formula is C17H19NO5. The number of methoxy groups -OCH3 is 3. The van der Waals surface area contributed by atoms with Gasteiger partial charge in [-0.25, -0.2) is 0 Å². The minimum absolute atomic E-state index is 0.0794. The van der Waals surface area contributed by atoms with Crippen molar-refractivity contribution in [3.63, 3.8) is 0 Å². The van der Waals surface area contributed by atoms with Gasteiger partial charge in [-0.1, -0.05) is 6.58 Å². The van der Waals surface area contributed by atoms with Gasteiger partial charge in [-0.3, -0.25) is 4.79 Å². The summed E-state index contributed by atoms with van der Waals surface area (Å²) < 4.78 is 20.3. The molecule has 1 aliphatic heterocycles. The van der Waals surface area contributed by atoms with Gasteiger partial charge in [-0.15, -0.1) is 0 Å². The molecular weight excluding hydrogens is 298 g/mol. The molecule has 0 unspecified atom stereocenters. The van der Waals surface area contributed by atoms with Gasteiger partial charge in [0.1, 0.15) is 0 Å². The third kappa shape index (κ3) is 3.48. The molecule has 0 radical (unpaired) electrons. The molecule has 6 nitrogen and oxygen atoms in total. The molecule has 1 amide bonds. The number of carbonyl (C=O) groups is 1. The third-order valence-corrected chi connectivity index (χ3v) is 3.28. The molecule has 1 aromatic heterocycles. The Balaban J connectivity index is 0.000000326. The normalized spacial score (nSPS) is 12.9. The zero-order valence-electron chi connectivity index (χ0n) is 13.4. The molecule has 23 heavy (non-hydrogen) atoms. The Kier molecular flexibility index (Phi) is 5.30. The number of rotatable bonds is 4. The van der Waals surface area contributed by atoms with E-state index in [9.17, 15) is 4.79 Å². The number of amides is 1. The van der Waals surface area contributed by atoms with Crippen molar-refractivity contribution >= 4 is 11.6 Å². The molecule has 1 aliphatic rings. The second-order valence-electron chi connectivity index (χ2n) is 4.67. The Bertz CT molecular complexity index is 636. The fourth-order valence-electron chi connectivity index (χ4n) is 2.09. The minimum atomic E-state index is -0.0794. The van der Waals surface area contributed by atoms with E-state index in [0.29, 0.717) is 35.1 Å². The first kappa shape index (κ1) is 16.5. The number of anilines is 1. The van der Waals surface area contributed by atoms with Crippen LogP contribution in [0.15, 0.2) is 53.4 Å². The second kappa shape index (κ2) is 7.40. The number of benzene rings is 1. The highest BCUT2D eigenvalue weighted by molar-refractivity contribution is 6.13. The summed E-state index contributed by atoms with van der Waals surface area (Å²) in [6, 6.07) is 7.15. The maximum absolute atomic E-state index is 11.6. The van der Waals surface area contributed by atoms with Crippen LogP contribution < -0.4 is 19.1 Å². The van der Waals surface area contributed by atoms with Gasteiger partial charge in [0.15, 0.2) is 11.5 Å². The SMILES string of the molecule is C=C1CN(c2cc(OC)c(OC)c(OC)c2)C1=O.c1ccoc1. The van der Waals surface area contributed by atoms with Gasteiger partial charge >= 0.3 is 0 Å². The summed E-state index contributed by atoms with van der Waals surface area (Å²) in [6.07, 6.45) is 3.25. The Morgan fingerprint density at radius 3 is 1.91 bits per heavy atom. The average Bonchev–Trinajstić information content (AvgIpc) is 3.17. The number of hydrogen-bond acceptors (Lipinski definition) is 5. The lowest BCUT2D eigenvalue weighted by Gasteiger charge is -2.33. The summed E-state index contributed by atoms with van der Waals surface area (Å²) in [5.41, 5.74) is 1.31. The summed E-state index contributed by atoms with van der Waals surface area (Å²) in [5, 5.41) is 0. The van der Waals surface area contributed by atoms with Crippen LogP contribution in [0.2, 0.25) is 0 Å². The zero-order valence-corrected chi connectivity index (χ0v) is 13.4. The van der Waals surface area contributed by atoms with Crippen molar-refractivity contribution in [3.8, 4) is 17.2 Å². The summed E-state index contributed by atoms with van der Waals surface area (Å²) in [4.78, 5) is 13.2. The van der Waals surface area contributed by atoms with Crippen LogP contribution in [0.4, 0.5) is 5.69 Å². The van der Waals surface area contributed by atoms with E-state index in [-0.39, 0.29) is 5.91 Å². The predicted molar refractivity (Wildman–Crippen MR) is 86.3 cm³/mol. The van der Waals surface area contributed by atoms with E-state index in [1.54, 1.807) is 29.6 Å². The summed E-state index contributed by atoms with van der Waals surface area (Å²) in [5.74, 6) is 1.48. The van der Waals surface area contributed by atoms with Gasteiger partial charge < -0.3 is 23.5 Å². The number of carbonyl (C=O) groups excluding carboxylic acids is 1. The highest BCUT2D eigenvalue weighted by atomic mass is 16.5. The summed E-state index contributed by atoms with van der Waals surface area (Å²) >= 11 is 0. The van der Waals surface area contributed by atoms with Gasteiger partial charge in [-0.05, 0) is 12.1 Å². The predicted octanol–water partition coefficient (Wildman–Crippen LogP) is 2.89. The molecule has 0 atom stereocenters. The summed E-state index contributed by atoms with van der Waals surface area (Å²) in [6.45, 7) is 4.18. The number of furan rings is 1. The van der Waals surface area contributed by atoms with E-state index >= 15 is 0 Å². The molecule has 6 heteroatoms. The molecule has 1 saturated heterocycles. The van der Waals surface area contributed by atoms with Crippen molar-refractivity contribution in [2.45, 2.75) is 0 Å². The Morgan fingerprint density at radius 1 is 1.04 bits per heavy atom. The largest absolute Gasteiger partial charge is 0.493 e. The van der Waals surface area contributed by atoms with Crippen molar-refractivity contribution in [1.29, 1.82) is 0 Å². The van der Waals surface area contributed by atoms with E-state index in [0.717, 1.165) is 0 Å². The lowest BCUT2D eigenvalue weighted by Crippen LogP contribution is -2.45. The highest BCUT2D eigenvalue weighted by Gasteiger charge is 2.31. The molecule has 3 rings (SSSR count). The Labute approximate surface area is 134 Å². The average molecular weight is 317 g/mol. The molecule has 122 valence electrons. The smallest absolute Gasteiger partial charge is 0.255 e. The van der Waals surface area contributed by atoms with Gasteiger partial charge in [0.05, 0.1) is 46.1 Å². The van der Waals surface area contributed by atoms with Crippen LogP contribution in [0.25, 0.3) is 0 Å². The fourth-order valence-corrected chi connectivity index (χ4v) is 2.09. The van der Waals surface area contributed by atoms with Crippen molar-refractivity contribution in [1.82, 2.24) is 0 Å². The lowest BCUT2D eigenvalue weighted by atomic mass is 10.1. The van der Waals surface area contributed by atoms with Gasteiger partial charge in [0.2, 0.25) is 5.75 Å². The highest BCUT2D eigenvalue weighted by Crippen LogP contribution is 2.42. The second-order valence-corrected chi connectivity index (χ2v) is 4.67. The van der Waals surface area contributed by atoms with Crippen molar-refractivity contribution in [2.24, 2.45) is 0 Å². The zero-order chi connectivity index (χ0) is 16.8. The van der Waals surface area contributed by atoms with Crippen LogP contribution in [-0.2, 0) is 4.79 Å². The monoisotopic (exact) mass is 317 g/mol. The minimum Gasteiger partial charge on any atom is -0.493 e. The van der Waals surface area contributed by atoms with Gasteiger partial charge in [-0.2, -0.15) is 0 Å². The van der Waals surface area contributed by atoms with E-state index in [2.05, 4.69) is 11.0 Å². The quantitative estimate of drug-likeness (QED) is 0.641. The van der Waals surface area contributed by atoms with Crippen LogP contribution >= 0.6 is 0 Å². The van der Waals surface area contributed by atoms with E-state index in [4.69, 9.17) is 14.2 Å². The fraction of sp³-hybridized carbons (Fsp3) is 0.235. The van der Waals surface area contributed by atoms with Crippen molar-refractivity contribution < 1.29 is 23.4 Å². The molecule has 2 aromatic rings. The number of hydrogen-bond donors (Lipinski definition) is 0. The molecule has 0 aliphatic carbocycles. The molecule has 2 heterocycles. The summed E-state index contributed by atoms with van der Waals surface area (Å²) in [7, 11) is 4.62. The first-order chi connectivity index (χ1) is 11.1. The van der Waals surface area contributed by atoms with Gasteiger partial charge in [0, 0.05) is 17.7 Å². The van der Waals surface area contributed by atoms with Crippen LogP contribution in [0.3, 0.4) is 0 Å². The number of nitrogens with zero attached hydrogens (tertiary/aromatic N) is 1. The standard InChI is InChI=1S/C13H15NO4.C4H4O/c1-8-7-14(13(8)15)9-5-10(16-2)12(18-4)11(6-9)17-3;1-2-4-5-3-1/h5-6H,1,7H2,2-4H3;1-4H. The first-order valence-electron chi connectivity index (χ1n) is 6.89. The molecule has 0 bridgehead atoms. The molecule has 1 fully saturated rings. The molecule has 1 aromatic carbocycles. The molecule has 0 spiro atoms. The number of ether oxygens (including phenoxy) is 3. The van der Waals surface area contributed by atoms with E-state index < -0.39 is 0 Å². The maximum atomic E-state index is 11.6. The van der Waals surface area contributed by atoms with E-state index in [1.807, 2.05) is 12.1 Å². The van der Waals surface area contributed by atoms with E-state index in [1.165, 1.54) is 21.3 Å². The topological polar surface area (TPSA) is 61.1 Å². The van der Waals surface area contributed by atoms with Crippen molar-refractivity contribution in [2.75, 3.05) is 32.8 Å². The maximum Gasteiger partial charge on any atom is 0.255 e. The van der Waals surface area contributed by atoms with Crippen LogP contribution in [-0.4, -0.2) is 33.8 Å². The lowest BCUT2D eigenvalue weighted by molar-refractivity contribution is -0.117. The van der Waals surface area contributed by atoms with Crippen LogP contribution in [0, 0.1) is 0 Å². The van der Waals surface area contributed by atoms with Crippen LogP contribution in [0.1, 0.15) is 0 Å². The van der Waals surface area contributed by atoms with Gasteiger partial charge in [0.25, 0.3) is 5.91 Å². The Hall–Kier alpha value is -2.89. The molecule has 0 N–H and O–H groups in total. The van der Waals surface area contributed by atoms with Crippen molar-refractivity contribution in [3.05, 3.63) is 48.9 Å². The Morgan fingerprint density at radius 2 is 1.61 bits per heavy atom. The third-order valence-electron chi connectivity index (χ3n) is 3.28.